The Balaban J connectivity index is 2.00. The van der Waals surface area contributed by atoms with E-state index >= 15 is 0 Å². The first-order valence-corrected chi connectivity index (χ1v) is 5.35. The predicted molar refractivity (Wildman–Crippen MR) is 56.0 cm³/mol. The lowest BCUT2D eigenvalue weighted by atomic mass is 9.84. The molecule has 0 saturated carbocycles. The number of hydrogen-bond donors (Lipinski definition) is 1. The Morgan fingerprint density at radius 2 is 2.36 bits per heavy atom. The summed E-state index contributed by atoms with van der Waals surface area (Å²) in [5.41, 5.74) is 3.05. The first-order valence-electron chi connectivity index (χ1n) is 5.35. The van der Waals surface area contributed by atoms with Gasteiger partial charge in [-0.05, 0) is 18.5 Å². The van der Waals surface area contributed by atoms with Crippen molar-refractivity contribution < 1.29 is 4.74 Å². The Morgan fingerprint density at radius 1 is 1.36 bits per heavy atom. The highest BCUT2D eigenvalue weighted by Gasteiger charge is 2.29. The van der Waals surface area contributed by atoms with Crippen LogP contribution in [0.3, 0.4) is 0 Å². The van der Waals surface area contributed by atoms with Gasteiger partial charge < -0.3 is 10.1 Å². The van der Waals surface area contributed by atoms with Crippen molar-refractivity contribution in [3.05, 3.63) is 35.5 Å². The average Bonchev–Trinajstić information content (AvgIpc) is 2.29. The van der Waals surface area contributed by atoms with E-state index in [4.69, 9.17) is 4.74 Å². The molecule has 2 unspecified atom stereocenters. The summed E-state index contributed by atoms with van der Waals surface area (Å²) in [7, 11) is 0. The van der Waals surface area contributed by atoms with Gasteiger partial charge in [0, 0.05) is 12.5 Å². The van der Waals surface area contributed by atoms with E-state index in [1.807, 2.05) is 0 Å². The molecule has 3 rings (SSSR count). The summed E-state index contributed by atoms with van der Waals surface area (Å²) in [6, 6.07) is 0. The van der Waals surface area contributed by atoms with Gasteiger partial charge in [-0.1, -0.05) is 29.9 Å². The largest absolute Gasteiger partial charge is 0.369 e. The van der Waals surface area contributed by atoms with Crippen LogP contribution in [0.2, 0.25) is 0 Å². The molecule has 2 atom stereocenters. The van der Waals surface area contributed by atoms with Gasteiger partial charge in [-0.15, -0.1) is 0 Å². The van der Waals surface area contributed by atoms with Crippen molar-refractivity contribution in [1.29, 1.82) is 0 Å². The summed E-state index contributed by atoms with van der Waals surface area (Å²) in [5.74, 6) is 0.617. The summed E-state index contributed by atoms with van der Waals surface area (Å²) in [5, 5.41) is 3.42. The van der Waals surface area contributed by atoms with Gasteiger partial charge in [0.05, 0.1) is 6.61 Å². The van der Waals surface area contributed by atoms with E-state index < -0.39 is 0 Å². The first kappa shape index (κ1) is 8.45. The number of ether oxygens (including phenoxy) is 1. The van der Waals surface area contributed by atoms with Gasteiger partial charge in [0.2, 0.25) is 0 Å². The van der Waals surface area contributed by atoms with E-state index in [1.165, 1.54) is 12.0 Å². The van der Waals surface area contributed by atoms with E-state index in [2.05, 4.69) is 29.6 Å². The van der Waals surface area contributed by atoms with Crippen LogP contribution in [0.4, 0.5) is 0 Å². The zero-order chi connectivity index (χ0) is 9.38. The zero-order valence-electron chi connectivity index (χ0n) is 8.20. The standard InChI is InChI=1S/C12H15NO/c1-2-4-12-11(3-1)10-5-6-13-7-9(10)8-14-12/h1-4,9,12-13H,5-8H2. The third-order valence-corrected chi connectivity index (χ3v) is 3.28. The maximum atomic E-state index is 5.82. The molecule has 14 heavy (non-hydrogen) atoms. The topological polar surface area (TPSA) is 21.3 Å². The van der Waals surface area contributed by atoms with Crippen LogP contribution in [0.25, 0.3) is 0 Å². The molecule has 3 aliphatic rings. The summed E-state index contributed by atoms with van der Waals surface area (Å²) in [6.45, 7) is 3.09. The second-order valence-corrected chi connectivity index (χ2v) is 4.13. The number of allylic oxidation sites excluding steroid dienone is 2. The van der Waals surface area contributed by atoms with Gasteiger partial charge in [0.25, 0.3) is 0 Å². The van der Waals surface area contributed by atoms with Crippen LogP contribution in [-0.2, 0) is 4.74 Å². The SMILES string of the molecule is C1=CC2=C3CCNCC3COC2C=C1. The molecular formula is C12H15NO. The number of hydrogen-bond acceptors (Lipinski definition) is 2. The monoisotopic (exact) mass is 189 g/mol. The highest BCUT2D eigenvalue weighted by Crippen LogP contribution is 2.32. The van der Waals surface area contributed by atoms with Crippen molar-refractivity contribution in [2.45, 2.75) is 12.5 Å². The van der Waals surface area contributed by atoms with Crippen LogP contribution in [0.1, 0.15) is 6.42 Å². The molecular weight excluding hydrogens is 174 g/mol. The van der Waals surface area contributed by atoms with Crippen molar-refractivity contribution in [3.63, 3.8) is 0 Å². The maximum Gasteiger partial charge on any atom is 0.101 e. The fourth-order valence-electron chi connectivity index (χ4n) is 2.54. The molecule has 0 amide bonds. The van der Waals surface area contributed by atoms with Gasteiger partial charge >= 0.3 is 0 Å². The van der Waals surface area contributed by atoms with Crippen LogP contribution in [0.5, 0.6) is 0 Å². The van der Waals surface area contributed by atoms with Crippen molar-refractivity contribution in [2.75, 3.05) is 19.7 Å². The zero-order valence-corrected chi connectivity index (χ0v) is 8.20. The van der Waals surface area contributed by atoms with Crippen LogP contribution in [0.15, 0.2) is 35.5 Å². The minimum atomic E-state index is 0.240. The molecule has 2 aliphatic heterocycles. The fraction of sp³-hybridized carbons (Fsp3) is 0.500. The third-order valence-electron chi connectivity index (χ3n) is 3.28. The van der Waals surface area contributed by atoms with E-state index in [9.17, 15) is 0 Å². The Morgan fingerprint density at radius 3 is 3.36 bits per heavy atom. The normalized spacial score (nSPS) is 35.4. The molecule has 0 aromatic rings. The molecule has 2 heteroatoms. The molecule has 1 N–H and O–H groups in total. The molecule has 2 nitrogen and oxygen atoms in total. The maximum absolute atomic E-state index is 5.82. The lowest BCUT2D eigenvalue weighted by Gasteiger charge is -2.36. The summed E-state index contributed by atoms with van der Waals surface area (Å²) < 4.78 is 5.82. The summed E-state index contributed by atoms with van der Waals surface area (Å²) in [6.07, 6.45) is 10.0. The van der Waals surface area contributed by atoms with Gasteiger partial charge in [-0.25, -0.2) is 0 Å². The number of fused-ring (bicyclic) bond motifs is 2. The van der Waals surface area contributed by atoms with E-state index in [0.29, 0.717) is 5.92 Å². The second kappa shape index (κ2) is 3.37. The number of rotatable bonds is 0. The molecule has 0 radical (unpaired) electrons. The molecule has 74 valence electrons. The van der Waals surface area contributed by atoms with Crippen LogP contribution < -0.4 is 5.32 Å². The van der Waals surface area contributed by atoms with Crippen LogP contribution in [-0.4, -0.2) is 25.8 Å². The van der Waals surface area contributed by atoms with E-state index in [-0.39, 0.29) is 6.10 Å². The smallest absolute Gasteiger partial charge is 0.101 e. The number of piperidine rings is 1. The van der Waals surface area contributed by atoms with Gasteiger partial charge in [0.1, 0.15) is 6.10 Å². The fourth-order valence-corrected chi connectivity index (χ4v) is 2.54. The van der Waals surface area contributed by atoms with E-state index in [0.717, 1.165) is 19.7 Å². The lowest BCUT2D eigenvalue weighted by Crippen LogP contribution is -2.40. The molecule has 0 aromatic heterocycles. The molecule has 0 bridgehead atoms. The Bertz CT molecular complexity index is 327. The number of nitrogens with one attached hydrogen (secondary N) is 1. The average molecular weight is 189 g/mol. The molecule has 2 heterocycles. The molecule has 1 fully saturated rings. The highest BCUT2D eigenvalue weighted by molar-refractivity contribution is 5.41. The Labute approximate surface area is 84.3 Å². The summed E-state index contributed by atoms with van der Waals surface area (Å²) in [4.78, 5) is 0. The molecule has 1 saturated heterocycles. The van der Waals surface area contributed by atoms with Gasteiger partial charge in [0.15, 0.2) is 0 Å². The second-order valence-electron chi connectivity index (χ2n) is 4.13. The van der Waals surface area contributed by atoms with Gasteiger partial charge in [-0.3, -0.25) is 0 Å². The molecule has 0 aromatic carbocycles. The van der Waals surface area contributed by atoms with E-state index in [1.54, 1.807) is 5.57 Å². The van der Waals surface area contributed by atoms with Crippen molar-refractivity contribution >= 4 is 0 Å². The first-order chi connectivity index (χ1) is 6.95. The highest BCUT2D eigenvalue weighted by atomic mass is 16.5. The Hall–Kier alpha value is -0.860. The minimum Gasteiger partial charge on any atom is -0.369 e. The van der Waals surface area contributed by atoms with Crippen LogP contribution in [0, 0.1) is 5.92 Å². The van der Waals surface area contributed by atoms with Crippen molar-refractivity contribution in [2.24, 2.45) is 5.92 Å². The van der Waals surface area contributed by atoms with Crippen molar-refractivity contribution in [3.8, 4) is 0 Å². The van der Waals surface area contributed by atoms with Crippen molar-refractivity contribution in [1.82, 2.24) is 5.32 Å². The quantitative estimate of drug-likeness (QED) is 0.622. The lowest BCUT2D eigenvalue weighted by molar-refractivity contribution is 0.0658. The third kappa shape index (κ3) is 1.26. The summed E-state index contributed by atoms with van der Waals surface area (Å²) >= 11 is 0. The minimum absolute atomic E-state index is 0.240. The Kier molecular flexibility index (Phi) is 2.03. The van der Waals surface area contributed by atoms with Crippen LogP contribution >= 0.6 is 0 Å². The van der Waals surface area contributed by atoms with Gasteiger partial charge in [-0.2, -0.15) is 0 Å². The molecule has 1 aliphatic carbocycles. The predicted octanol–water partition coefficient (Wildman–Crippen LogP) is 1.42. The molecule has 0 spiro atoms.